The van der Waals surface area contributed by atoms with E-state index in [0.717, 1.165) is 5.56 Å². The number of ether oxygens (including phenoxy) is 4. The number of aromatic nitrogens is 1. The molecule has 0 fully saturated rings. The Hall–Kier alpha value is -3.56. The van der Waals surface area contributed by atoms with Crippen molar-refractivity contribution in [2.24, 2.45) is 4.99 Å². The summed E-state index contributed by atoms with van der Waals surface area (Å²) in [4.78, 5) is 31.9. The van der Waals surface area contributed by atoms with Crippen LogP contribution in [0, 0.1) is 0 Å². The SMILES string of the molecule is CCOC(=O)C1=C(C)N=c2s/c(=C\c3ccc(OCC)c(Cl)c3)c(=O)n2[C@@H]1c1ccc(OC)c(OC)c1. The molecule has 1 aliphatic rings. The number of hydrogen-bond donors (Lipinski definition) is 0. The Morgan fingerprint density at radius 2 is 1.81 bits per heavy atom. The lowest BCUT2D eigenvalue weighted by molar-refractivity contribution is -0.139. The normalized spacial score (nSPS) is 15.2. The van der Waals surface area contributed by atoms with Crippen molar-refractivity contribution in [3.05, 3.63) is 83.5 Å². The first kappa shape index (κ1) is 26.5. The largest absolute Gasteiger partial charge is 0.493 e. The van der Waals surface area contributed by atoms with E-state index in [1.165, 1.54) is 23.0 Å². The van der Waals surface area contributed by atoms with Crippen LogP contribution in [0.25, 0.3) is 6.08 Å². The van der Waals surface area contributed by atoms with Gasteiger partial charge in [0.15, 0.2) is 16.3 Å². The van der Waals surface area contributed by atoms with Crippen molar-refractivity contribution in [3.63, 3.8) is 0 Å². The van der Waals surface area contributed by atoms with Gasteiger partial charge in [-0.15, -0.1) is 0 Å². The molecular weight excluding hydrogens is 516 g/mol. The molecule has 2 aromatic carbocycles. The van der Waals surface area contributed by atoms with Gasteiger partial charge in [-0.25, -0.2) is 9.79 Å². The third-order valence-electron chi connectivity index (χ3n) is 5.79. The maximum absolute atomic E-state index is 13.8. The topological polar surface area (TPSA) is 88.4 Å². The highest BCUT2D eigenvalue weighted by Gasteiger charge is 2.33. The predicted octanol–water partition coefficient (Wildman–Crippen LogP) is 3.87. The second kappa shape index (κ2) is 11.2. The third kappa shape index (κ3) is 5.14. The Morgan fingerprint density at radius 3 is 2.46 bits per heavy atom. The number of carbonyl (C=O) groups excluding carboxylic acids is 1. The molecule has 0 saturated carbocycles. The van der Waals surface area contributed by atoms with Gasteiger partial charge >= 0.3 is 5.97 Å². The highest BCUT2D eigenvalue weighted by Crippen LogP contribution is 2.36. The summed E-state index contributed by atoms with van der Waals surface area (Å²) in [6.07, 6.45) is 1.75. The molecule has 2 heterocycles. The Bertz CT molecular complexity index is 1560. The van der Waals surface area contributed by atoms with E-state index >= 15 is 0 Å². The molecule has 0 N–H and O–H groups in total. The second-order valence-electron chi connectivity index (χ2n) is 8.04. The van der Waals surface area contributed by atoms with Gasteiger partial charge < -0.3 is 18.9 Å². The first-order valence-electron chi connectivity index (χ1n) is 11.7. The maximum Gasteiger partial charge on any atom is 0.338 e. The summed E-state index contributed by atoms with van der Waals surface area (Å²) < 4.78 is 23.7. The molecule has 0 spiro atoms. The fourth-order valence-corrected chi connectivity index (χ4v) is 5.45. The first-order valence-corrected chi connectivity index (χ1v) is 12.9. The van der Waals surface area contributed by atoms with Crippen LogP contribution in [0.3, 0.4) is 0 Å². The molecule has 0 bridgehead atoms. The van der Waals surface area contributed by atoms with Gasteiger partial charge in [0, 0.05) is 0 Å². The zero-order chi connectivity index (χ0) is 26.7. The van der Waals surface area contributed by atoms with Crippen LogP contribution in [-0.2, 0) is 9.53 Å². The van der Waals surface area contributed by atoms with Crippen LogP contribution in [-0.4, -0.2) is 38.0 Å². The monoisotopic (exact) mass is 542 g/mol. The molecule has 37 heavy (non-hydrogen) atoms. The smallest absolute Gasteiger partial charge is 0.338 e. The van der Waals surface area contributed by atoms with E-state index in [2.05, 4.69) is 4.99 Å². The van der Waals surface area contributed by atoms with Gasteiger partial charge in [0.1, 0.15) is 5.75 Å². The fourth-order valence-electron chi connectivity index (χ4n) is 4.16. The van der Waals surface area contributed by atoms with E-state index in [0.29, 0.717) is 49.5 Å². The van der Waals surface area contributed by atoms with Crippen molar-refractivity contribution >= 4 is 35.0 Å². The van der Waals surface area contributed by atoms with Crippen LogP contribution < -0.4 is 29.1 Å². The van der Waals surface area contributed by atoms with Gasteiger partial charge in [0.05, 0.1) is 54.3 Å². The number of allylic oxidation sites excluding steroid dienone is 1. The Kier molecular flexibility index (Phi) is 8.04. The van der Waals surface area contributed by atoms with Crippen molar-refractivity contribution < 1.29 is 23.7 Å². The number of nitrogens with zero attached hydrogens (tertiary/aromatic N) is 2. The van der Waals surface area contributed by atoms with E-state index in [1.54, 1.807) is 57.4 Å². The lowest BCUT2D eigenvalue weighted by Gasteiger charge is -2.25. The number of hydrogen-bond acceptors (Lipinski definition) is 8. The molecule has 1 aromatic heterocycles. The van der Waals surface area contributed by atoms with E-state index in [-0.39, 0.29) is 17.7 Å². The van der Waals surface area contributed by atoms with Gasteiger partial charge in [0.2, 0.25) is 0 Å². The molecule has 194 valence electrons. The lowest BCUT2D eigenvalue weighted by atomic mass is 9.95. The van der Waals surface area contributed by atoms with Gasteiger partial charge in [-0.2, -0.15) is 0 Å². The summed E-state index contributed by atoms with van der Waals surface area (Å²) in [5.74, 6) is 1.05. The average molecular weight is 543 g/mol. The van der Waals surface area contributed by atoms with Gasteiger partial charge in [-0.05, 0) is 62.2 Å². The zero-order valence-electron chi connectivity index (χ0n) is 21.2. The van der Waals surface area contributed by atoms with Gasteiger partial charge in [0.25, 0.3) is 5.56 Å². The zero-order valence-corrected chi connectivity index (χ0v) is 22.7. The van der Waals surface area contributed by atoms with Crippen LogP contribution in [0.4, 0.5) is 0 Å². The fraction of sp³-hybridized carbons (Fsp3) is 0.296. The van der Waals surface area contributed by atoms with E-state index in [4.69, 9.17) is 30.5 Å². The van der Waals surface area contributed by atoms with Crippen LogP contribution in [0.1, 0.15) is 37.9 Å². The minimum atomic E-state index is -0.763. The minimum Gasteiger partial charge on any atom is -0.493 e. The maximum atomic E-state index is 13.8. The van der Waals surface area contributed by atoms with Crippen molar-refractivity contribution in [3.8, 4) is 17.2 Å². The predicted molar refractivity (Wildman–Crippen MR) is 143 cm³/mol. The molecule has 1 aliphatic heterocycles. The molecule has 0 amide bonds. The minimum absolute atomic E-state index is 0.192. The summed E-state index contributed by atoms with van der Waals surface area (Å²) in [5, 5.41) is 0.451. The standard InChI is InChI=1S/C27H27ClN2O6S/c1-6-35-19-10-8-16(12-18(19)28)13-22-25(31)30-24(17-9-11-20(33-4)21(14-17)34-5)23(26(32)36-7-2)15(3)29-27(30)37-22/h8-14,24H,6-7H2,1-5H3/b22-13-/t24-/m1/s1. The van der Waals surface area contributed by atoms with Crippen LogP contribution in [0.5, 0.6) is 17.2 Å². The molecule has 0 unspecified atom stereocenters. The van der Waals surface area contributed by atoms with Crippen LogP contribution in [0.2, 0.25) is 5.02 Å². The van der Waals surface area contributed by atoms with Crippen LogP contribution >= 0.6 is 22.9 Å². The van der Waals surface area contributed by atoms with E-state index in [9.17, 15) is 9.59 Å². The average Bonchev–Trinajstić information content (AvgIpc) is 3.18. The number of halogens is 1. The first-order chi connectivity index (χ1) is 17.8. The molecule has 4 rings (SSSR count). The molecule has 1 atom stereocenters. The number of rotatable bonds is 8. The highest BCUT2D eigenvalue weighted by molar-refractivity contribution is 7.07. The Morgan fingerprint density at radius 1 is 1.08 bits per heavy atom. The Labute approximate surface area is 223 Å². The summed E-state index contributed by atoms with van der Waals surface area (Å²) in [6.45, 7) is 6.04. The van der Waals surface area contributed by atoms with Crippen molar-refractivity contribution in [2.45, 2.75) is 26.8 Å². The number of benzene rings is 2. The number of esters is 1. The van der Waals surface area contributed by atoms with Crippen molar-refractivity contribution in [1.29, 1.82) is 0 Å². The second-order valence-corrected chi connectivity index (χ2v) is 9.46. The van der Waals surface area contributed by atoms with E-state index < -0.39 is 12.0 Å². The molecule has 8 nitrogen and oxygen atoms in total. The van der Waals surface area contributed by atoms with Crippen molar-refractivity contribution in [2.75, 3.05) is 27.4 Å². The number of fused-ring (bicyclic) bond motifs is 1. The van der Waals surface area contributed by atoms with Gasteiger partial charge in [-0.1, -0.05) is 35.1 Å². The Balaban J connectivity index is 1.92. The number of thiazole rings is 1. The molecule has 0 aliphatic carbocycles. The summed E-state index contributed by atoms with van der Waals surface area (Å²) in [5.41, 5.74) is 1.88. The molecule has 10 heteroatoms. The molecule has 0 radical (unpaired) electrons. The summed E-state index contributed by atoms with van der Waals surface area (Å²) in [7, 11) is 3.07. The van der Waals surface area contributed by atoms with Crippen molar-refractivity contribution in [1.82, 2.24) is 4.57 Å². The quantitative estimate of drug-likeness (QED) is 0.402. The molecular formula is C27H27ClN2O6S. The molecule has 0 saturated heterocycles. The summed E-state index contributed by atoms with van der Waals surface area (Å²) >= 11 is 7.59. The number of methoxy groups -OCH3 is 2. The van der Waals surface area contributed by atoms with Gasteiger partial charge in [-0.3, -0.25) is 9.36 Å². The third-order valence-corrected chi connectivity index (χ3v) is 7.07. The van der Waals surface area contributed by atoms with Crippen LogP contribution in [0.15, 0.2) is 57.5 Å². The highest BCUT2D eigenvalue weighted by atomic mass is 35.5. The number of carbonyl (C=O) groups is 1. The van der Waals surface area contributed by atoms with E-state index in [1.807, 2.05) is 13.0 Å². The lowest BCUT2D eigenvalue weighted by Crippen LogP contribution is -2.39. The summed E-state index contributed by atoms with van der Waals surface area (Å²) in [6, 6.07) is 9.87. The molecule has 3 aromatic rings.